The van der Waals surface area contributed by atoms with Gasteiger partial charge < -0.3 is 10.6 Å². The number of piperidine rings is 1. The van der Waals surface area contributed by atoms with Gasteiger partial charge in [-0.25, -0.2) is 14.4 Å². The number of hydrogen-bond donors (Lipinski definition) is 2. The van der Waals surface area contributed by atoms with Gasteiger partial charge in [0, 0.05) is 24.2 Å². The van der Waals surface area contributed by atoms with E-state index in [1.807, 2.05) is 34.5 Å². The highest BCUT2D eigenvalue weighted by Gasteiger charge is 2.17. The van der Waals surface area contributed by atoms with Crippen LogP contribution in [0.5, 0.6) is 0 Å². The highest BCUT2D eigenvalue weighted by Crippen LogP contribution is 2.28. The lowest BCUT2D eigenvalue weighted by molar-refractivity contribution is 0.343. The summed E-state index contributed by atoms with van der Waals surface area (Å²) in [5.74, 6) is 0.327. The van der Waals surface area contributed by atoms with Crippen molar-refractivity contribution in [3.05, 3.63) is 60.6 Å². The Bertz CT molecular complexity index is 1160. The molecule has 0 amide bonds. The summed E-state index contributed by atoms with van der Waals surface area (Å²) in [4.78, 5) is 8.96. The van der Waals surface area contributed by atoms with Crippen LogP contribution in [-0.2, 0) is 0 Å². The number of aromatic nitrogens is 5. The fourth-order valence-corrected chi connectivity index (χ4v) is 3.85. The van der Waals surface area contributed by atoms with Gasteiger partial charge in [0.25, 0.3) is 0 Å². The molecule has 1 saturated heterocycles. The van der Waals surface area contributed by atoms with E-state index in [2.05, 4.69) is 25.7 Å². The zero-order valence-corrected chi connectivity index (χ0v) is 16.1. The van der Waals surface area contributed by atoms with Gasteiger partial charge in [-0.1, -0.05) is 11.6 Å². The van der Waals surface area contributed by atoms with Gasteiger partial charge in [-0.05, 0) is 45.0 Å². The molecule has 0 saturated carbocycles. The van der Waals surface area contributed by atoms with Crippen LogP contribution in [0.1, 0.15) is 24.4 Å². The van der Waals surface area contributed by atoms with Crippen LogP contribution in [0.2, 0.25) is 0 Å². The molecule has 0 spiro atoms. The Labute approximate surface area is 167 Å². The molecular formula is C21H22FN7. The van der Waals surface area contributed by atoms with E-state index >= 15 is 0 Å². The molecule has 1 aliphatic rings. The fraction of sp³-hybridized carbons (Fsp3) is 0.286. The maximum Gasteiger partial charge on any atom is 0.180 e. The number of aryl methyl sites for hydroxylation is 1. The number of anilines is 2. The van der Waals surface area contributed by atoms with Crippen molar-refractivity contribution < 1.29 is 4.39 Å². The van der Waals surface area contributed by atoms with E-state index in [9.17, 15) is 4.39 Å². The Morgan fingerprint density at radius 2 is 2.03 bits per heavy atom. The minimum Gasteiger partial charge on any atom is -0.335 e. The predicted octanol–water partition coefficient (Wildman–Crippen LogP) is 3.71. The van der Waals surface area contributed by atoms with Gasteiger partial charge in [0.05, 0.1) is 29.8 Å². The Balaban J connectivity index is 1.47. The molecule has 148 valence electrons. The van der Waals surface area contributed by atoms with Gasteiger partial charge >= 0.3 is 0 Å². The van der Waals surface area contributed by atoms with Crippen LogP contribution in [0.15, 0.2) is 49.2 Å². The normalized spacial score (nSPS) is 15.1. The summed E-state index contributed by atoms with van der Waals surface area (Å²) in [7, 11) is 0. The number of benzene rings is 1. The maximum absolute atomic E-state index is 14.4. The number of hydrogen-bond acceptors (Lipinski definition) is 5. The van der Waals surface area contributed by atoms with E-state index in [4.69, 9.17) is 0 Å². The molecule has 0 unspecified atom stereocenters. The molecule has 1 fully saturated rings. The third kappa shape index (κ3) is 3.36. The quantitative estimate of drug-likeness (QED) is 0.555. The van der Waals surface area contributed by atoms with Crippen molar-refractivity contribution in [3.8, 4) is 11.3 Å². The molecule has 0 radical (unpaired) electrons. The number of rotatable bonds is 4. The van der Waals surface area contributed by atoms with Crippen molar-refractivity contribution in [2.75, 3.05) is 18.4 Å². The minimum atomic E-state index is -0.281. The number of halogens is 1. The average Bonchev–Trinajstić information content (AvgIpc) is 3.41. The molecule has 4 aromatic rings. The second-order valence-corrected chi connectivity index (χ2v) is 7.41. The number of fused-ring (bicyclic) bond motifs is 1. The Morgan fingerprint density at radius 3 is 2.90 bits per heavy atom. The second-order valence-electron chi connectivity index (χ2n) is 7.41. The van der Waals surface area contributed by atoms with Gasteiger partial charge in [-0.2, -0.15) is 5.10 Å². The SMILES string of the molecule is Cc1ccc(F)c(-c2cnc(Nc3cnn(C4CCNCC4)c3)c3nccn23)c1. The second kappa shape index (κ2) is 7.29. The van der Waals surface area contributed by atoms with E-state index in [0.717, 1.165) is 37.2 Å². The van der Waals surface area contributed by atoms with Crippen molar-refractivity contribution in [1.29, 1.82) is 0 Å². The van der Waals surface area contributed by atoms with E-state index in [1.165, 1.54) is 6.07 Å². The van der Waals surface area contributed by atoms with Gasteiger partial charge in [0.15, 0.2) is 11.5 Å². The van der Waals surface area contributed by atoms with Gasteiger partial charge in [0.1, 0.15) is 5.82 Å². The van der Waals surface area contributed by atoms with Crippen LogP contribution in [0.25, 0.3) is 16.9 Å². The summed E-state index contributed by atoms with van der Waals surface area (Å²) in [5.41, 5.74) is 3.65. The lowest BCUT2D eigenvalue weighted by Crippen LogP contribution is -2.29. The number of nitrogens with zero attached hydrogens (tertiary/aromatic N) is 5. The van der Waals surface area contributed by atoms with Crippen LogP contribution in [0.3, 0.4) is 0 Å². The number of imidazole rings is 1. The Morgan fingerprint density at radius 1 is 1.17 bits per heavy atom. The summed E-state index contributed by atoms with van der Waals surface area (Å²) in [6.45, 7) is 3.97. The van der Waals surface area contributed by atoms with Gasteiger partial charge in [-0.3, -0.25) is 9.08 Å². The van der Waals surface area contributed by atoms with Gasteiger partial charge in [-0.15, -0.1) is 0 Å². The van der Waals surface area contributed by atoms with Crippen LogP contribution >= 0.6 is 0 Å². The first kappa shape index (κ1) is 17.8. The van der Waals surface area contributed by atoms with E-state index in [1.54, 1.807) is 24.7 Å². The van der Waals surface area contributed by atoms with Crippen LogP contribution in [0, 0.1) is 12.7 Å². The minimum absolute atomic E-state index is 0.281. The molecular weight excluding hydrogens is 369 g/mol. The van der Waals surface area contributed by atoms with E-state index in [0.29, 0.717) is 28.8 Å². The molecule has 4 heterocycles. The standard InChI is InChI=1S/C21H22FN7/c1-14-2-3-18(22)17(10-14)19-12-25-20(21-24-8-9-28(19)21)27-15-11-26-29(13-15)16-4-6-23-7-5-16/h2-3,8-13,16,23H,4-7H2,1H3,(H,25,27). The molecule has 0 bridgehead atoms. The molecule has 0 aliphatic carbocycles. The number of nitrogens with one attached hydrogen (secondary N) is 2. The monoisotopic (exact) mass is 391 g/mol. The van der Waals surface area contributed by atoms with Crippen molar-refractivity contribution in [1.82, 2.24) is 29.5 Å². The summed E-state index contributed by atoms with van der Waals surface area (Å²) < 4.78 is 18.3. The average molecular weight is 391 g/mol. The molecule has 8 heteroatoms. The highest BCUT2D eigenvalue weighted by atomic mass is 19.1. The first-order chi connectivity index (χ1) is 14.2. The van der Waals surface area contributed by atoms with E-state index < -0.39 is 0 Å². The van der Waals surface area contributed by atoms with Crippen molar-refractivity contribution in [2.45, 2.75) is 25.8 Å². The maximum atomic E-state index is 14.4. The summed E-state index contributed by atoms with van der Waals surface area (Å²) in [5, 5.41) is 11.2. The summed E-state index contributed by atoms with van der Waals surface area (Å²) >= 11 is 0. The Hall–Kier alpha value is -3.26. The summed E-state index contributed by atoms with van der Waals surface area (Å²) in [6.07, 6.45) is 11.1. The zero-order valence-electron chi connectivity index (χ0n) is 16.1. The largest absolute Gasteiger partial charge is 0.335 e. The molecule has 1 aromatic carbocycles. The molecule has 29 heavy (non-hydrogen) atoms. The molecule has 7 nitrogen and oxygen atoms in total. The highest BCUT2D eigenvalue weighted by molar-refractivity contribution is 5.74. The lowest BCUT2D eigenvalue weighted by Gasteiger charge is -2.22. The lowest BCUT2D eigenvalue weighted by atomic mass is 10.1. The molecule has 1 aliphatic heterocycles. The van der Waals surface area contributed by atoms with Crippen molar-refractivity contribution in [3.63, 3.8) is 0 Å². The smallest absolute Gasteiger partial charge is 0.180 e. The topological polar surface area (TPSA) is 72.1 Å². The summed E-state index contributed by atoms with van der Waals surface area (Å²) in [6, 6.07) is 5.47. The van der Waals surface area contributed by atoms with Crippen LogP contribution < -0.4 is 10.6 Å². The van der Waals surface area contributed by atoms with Gasteiger partial charge in [0.2, 0.25) is 0 Å². The molecule has 3 aromatic heterocycles. The fourth-order valence-electron chi connectivity index (χ4n) is 3.85. The third-order valence-corrected chi connectivity index (χ3v) is 5.37. The third-order valence-electron chi connectivity index (χ3n) is 5.37. The molecule has 5 rings (SSSR count). The van der Waals surface area contributed by atoms with E-state index in [-0.39, 0.29) is 5.82 Å². The first-order valence-electron chi connectivity index (χ1n) is 9.79. The van der Waals surface area contributed by atoms with Crippen LogP contribution in [0.4, 0.5) is 15.9 Å². The zero-order chi connectivity index (χ0) is 19.8. The van der Waals surface area contributed by atoms with Crippen molar-refractivity contribution in [2.24, 2.45) is 0 Å². The first-order valence-corrected chi connectivity index (χ1v) is 9.79. The van der Waals surface area contributed by atoms with Crippen molar-refractivity contribution >= 4 is 17.2 Å². The van der Waals surface area contributed by atoms with Crippen LogP contribution in [-0.4, -0.2) is 37.2 Å². The predicted molar refractivity (Wildman–Crippen MR) is 110 cm³/mol. The molecule has 2 N–H and O–H groups in total. The molecule has 0 atom stereocenters. The Kier molecular flexibility index (Phi) is 4.48.